The molecule has 0 N–H and O–H groups in total. The minimum absolute atomic E-state index is 0.412. The molecule has 1 heterocycles. The molecule has 0 saturated heterocycles. The molecule has 2 aromatic carbocycles. The Kier molecular flexibility index (Phi) is 3.94. The third kappa shape index (κ3) is 2.94. The average Bonchev–Trinajstić information content (AvgIpc) is 2.97. The van der Waals surface area contributed by atoms with Crippen LogP contribution in [-0.2, 0) is 0 Å². The Morgan fingerprint density at radius 2 is 2.05 bits per heavy atom. The van der Waals surface area contributed by atoms with Crippen molar-refractivity contribution in [2.45, 2.75) is 0 Å². The number of aromatic nitrogens is 2. The molecular weight excluding hydrogens is 356 g/mol. The maximum atomic E-state index is 5.97. The lowest BCUT2D eigenvalue weighted by Crippen LogP contribution is -1.89. The zero-order chi connectivity index (χ0) is 14.8. The van der Waals surface area contributed by atoms with Crippen LogP contribution < -0.4 is 4.74 Å². The lowest BCUT2D eigenvalue weighted by molar-refractivity contribution is 0.413. The van der Waals surface area contributed by atoms with Gasteiger partial charge in [-0.15, -0.1) is 0 Å². The maximum Gasteiger partial charge on any atom is 0.258 e. The van der Waals surface area contributed by atoms with E-state index in [0.29, 0.717) is 22.5 Å². The lowest BCUT2D eigenvalue weighted by Gasteiger charge is -2.04. The number of hydrogen-bond acceptors (Lipinski definition) is 4. The van der Waals surface area contributed by atoms with E-state index in [1.54, 1.807) is 19.2 Å². The minimum atomic E-state index is 0.412. The fourth-order valence-electron chi connectivity index (χ4n) is 1.93. The number of benzene rings is 2. The van der Waals surface area contributed by atoms with E-state index in [4.69, 9.17) is 20.9 Å². The molecule has 0 saturated carbocycles. The number of halogens is 2. The van der Waals surface area contributed by atoms with Gasteiger partial charge >= 0.3 is 0 Å². The normalized spacial score (nSPS) is 10.6. The van der Waals surface area contributed by atoms with Crippen LogP contribution in [0.5, 0.6) is 5.75 Å². The Balaban J connectivity index is 2.04. The summed E-state index contributed by atoms with van der Waals surface area (Å²) in [6.45, 7) is 0. The molecule has 0 unspecified atom stereocenters. The van der Waals surface area contributed by atoms with E-state index in [0.717, 1.165) is 15.6 Å². The first-order valence-electron chi connectivity index (χ1n) is 6.11. The first kappa shape index (κ1) is 14.1. The van der Waals surface area contributed by atoms with Crippen LogP contribution in [-0.4, -0.2) is 17.3 Å². The Labute approximate surface area is 134 Å². The molecule has 6 heteroatoms. The van der Waals surface area contributed by atoms with Crippen LogP contribution in [0.4, 0.5) is 0 Å². The van der Waals surface area contributed by atoms with Crippen molar-refractivity contribution in [2.24, 2.45) is 0 Å². The van der Waals surface area contributed by atoms with Gasteiger partial charge in [0.25, 0.3) is 5.89 Å². The second-order valence-corrected chi connectivity index (χ2v) is 5.63. The van der Waals surface area contributed by atoms with E-state index >= 15 is 0 Å². The van der Waals surface area contributed by atoms with Crippen molar-refractivity contribution in [2.75, 3.05) is 7.11 Å². The molecule has 0 aliphatic carbocycles. The van der Waals surface area contributed by atoms with Gasteiger partial charge in [0.15, 0.2) is 0 Å². The van der Waals surface area contributed by atoms with Crippen molar-refractivity contribution in [1.82, 2.24) is 10.1 Å². The van der Waals surface area contributed by atoms with Crippen LogP contribution in [0.25, 0.3) is 22.8 Å². The van der Waals surface area contributed by atoms with Crippen LogP contribution in [0.3, 0.4) is 0 Å². The quantitative estimate of drug-likeness (QED) is 0.667. The van der Waals surface area contributed by atoms with Gasteiger partial charge in [0, 0.05) is 15.1 Å². The average molecular weight is 366 g/mol. The summed E-state index contributed by atoms with van der Waals surface area (Å²) in [5, 5.41) is 4.63. The number of nitrogens with zero attached hydrogens (tertiary/aromatic N) is 2. The van der Waals surface area contributed by atoms with Gasteiger partial charge in [-0.25, -0.2) is 0 Å². The maximum absolute atomic E-state index is 5.97. The SMILES string of the molecule is COc1ccc(Br)cc1-c1noc(-c2cccc(Cl)c2)n1. The topological polar surface area (TPSA) is 48.2 Å². The van der Waals surface area contributed by atoms with Gasteiger partial charge in [-0.3, -0.25) is 0 Å². The minimum Gasteiger partial charge on any atom is -0.496 e. The standard InChI is InChI=1S/C15H10BrClN2O2/c1-20-13-6-5-10(16)8-12(13)14-18-15(21-19-14)9-3-2-4-11(17)7-9/h2-8H,1H3. The third-order valence-corrected chi connectivity index (χ3v) is 3.63. The van der Waals surface area contributed by atoms with E-state index in [1.807, 2.05) is 30.3 Å². The predicted octanol–water partition coefficient (Wildman–Crippen LogP) is 4.83. The van der Waals surface area contributed by atoms with E-state index in [2.05, 4.69) is 26.1 Å². The van der Waals surface area contributed by atoms with Crippen LogP contribution in [0.15, 0.2) is 51.5 Å². The Morgan fingerprint density at radius 1 is 1.19 bits per heavy atom. The summed E-state index contributed by atoms with van der Waals surface area (Å²) >= 11 is 9.40. The number of ether oxygens (including phenoxy) is 1. The van der Waals surface area contributed by atoms with Crippen LogP contribution in [0, 0.1) is 0 Å². The summed E-state index contributed by atoms with van der Waals surface area (Å²) < 4.78 is 11.5. The van der Waals surface area contributed by atoms with E-state index in [1.165, 1.54) is 0 Å². The molecule has 0 radical (unpaired) electrons. The molecule has 0 fully saturated rings. The fraction of sp³-hybridized carbons (Fsp3) is 0.0667. The van der Waals surface area contributed by atoms with Crippen molar-refractivity contribution in [3.05, 3.63) is 52.0 Å². The molecule has 0 atom stereocenters. The number of methoxy groups -OCH3 is 1. The van der Waals surface area contributed by atoms with Gasteiger partial charge in [0.2, 0.25) is 5.82 Å². The first-order valence-corrected chi connectivity index (χ1v) is 7.28. The summed E-state index contributed by atoms with van der Waals surface area (Å²) in [5.74, 6) is 1.55. The van der Waals surface area contributed by atoms with E-state index in [9.17, 15) is 0 Å². The van der Waals surface area contributed by atoms with Crippen molar-refractivity contribution < 1.29 is 9.26 Å². The van der Waals surface area contributed by atoms with Crippen molar-refractivity contribution in [1.29, 1.82) is 0 Å². The molecular formula is C15H10BrClN2O2. The monoisotopic (exact) mass is 364 g/mol. The highest BCUT2D eigenvalue weighted by Gasteiger charge is 2.15. The van der Waals surface area contributed by atoms with Gasteiger partial charge < -0.3 is 9.26 Å². The zero-order valence-electron chi connectivity index (χ0n) is 11.0. The number of hydrogen-bond donors (Lipinski definition) is 0. The summed E-state index contributed by atoms with van der Waals surface area (Å²) in [5.41, 5.74) is 1.53. The molecule has 3 aromatic rings. The number of rotatable bonds is 3. The Morgan fingerprint density at radius 3 is 2.81 bits per heavy atom. The van der Waals surface area contributed by atoms with Gasteiger partial charge in [0.1, 0.15) is 5.75 Å². The zero-order valence-corrected chi connectivity index (χ0v) is 13.4. The summed E-state index contributed by atoms with van der Waals surface area (Å²) in [7, 11) is 1.60. The van der Waals surface area contributed by atoms with Crippen molar-refractivity contribution in [3.63, 3.8) is 0 Å². The van der Waals surface area contributed by atoms with Crippen molar-refractivity contribution in [3.8, 4) is 28.6 Å². The largest absolute Gasteiger partial charge is 0.496 e. The molecule has 0 amide bonds. The fourth-order valence-corrected chi connectivity index (χ4v) is 2.48. The van der Waals surface area contributed by atoms with Crippen molar-refractivity contribution >= 4 is 27.5 Å². The summed E-state index contributed by atoms with van der Waals surface area (Å²) in [4.78, 5) is 4.40. The molecule has 0 aliphatic heterocycles. The molecule has 3 rings (SSSR count). The first-order chi connectivity index (χ1) is 10.2. The molecule has 21 heavy (non-hydrogen) atoms. The smallest absolute Gasteiger partial charge is 0.258 e. The van der Waals surface area contributed by atoms with Crippen LogP contribution >= 0.6 is 27.5 Å². The second-order valence-electron chi connectivity index (χ2n) is 4.28. The molecule has 4 nitrogen and oxygen atoms in total. The van der Waals surface area contributed by atoms with E-state index in [-0.39, 0.29) is 0 Å². The van der Waals surface area contributed by atoms with Gasteiger partial charge in [-0.1, -0.05) is 38.8 Å². The van der Waals surface area contributed by atoms with E-state index < -0.39 is 0 Å². The summed E-state index contributed by atoms with van der Waals surface area (Å²) in [6.07, 6.45) is 0. The van der Waals surface area contributed by atoms with Gasteiger partial charge in [-0.2, -0.15) is 4.98 Å². The second kappa shape index (κ2) is 5.87. The molecule has 0 spiro atoms. The molecule has 0 aliphatic rings. The Bertz CT molecular complexity index is 789. The van der Waals surface area contributed by atoms with Gasteiger partial charge in [-0.05, 0) is 36.4 Å². The predicted molar refractivity (Wildman–Crippen MR) is 84.4 cm³/mol. The Hall–Kier alpha value is -1.85. The molecule has 1 aromatic heterocycles. The summed E-state index contributed by atoms with van der Waals surface area (Å²) in [6, 6.07) is 12.9. The van der Waals surface area contributed by atoms with Gasteiger partial charge in [0.05, 0.1) is 12.7 Å². The molecule has 106 valence electrons. The third-order valence-electron chi connectivity index (χ3n) is 2.90. The lowest BCUT2D eigenvalue weighted by atomic mass is 10.2. The highest BCUT2D eigenvalue weighted by Crippen LogP contribution is 2.32. The molecule has 0 bridgehead atoms. The highest BCUT2D eigenvalue weighted by molar-refractivity contribution is 9.10. The highest BCUT2D eigenvalue weighted by atomic mass is 79.9. The van der Waals surface area contributed by atoms with Crippen LogP contribution in [0.1, 0.15) is 0 Å². The van der Waals surface area contributed by atoms with Crippen LogP contribution in [0.2, 0.25) is 5.02 Å².